The maximum atomic E-state index is 6.16. The minimum atomic E-state index is 0.573. The van der Waals surface area contributed by atoms with Crippen LogP contribution in [0.2, 0.25) is 0 Å². The molecule has 9 rings (SSSR count). The quantitative estimate of drug-likeness (QED) is 0.204. The number of nitrogens with zero attached hydrogens (tertiary/aromatic N) is 2. The van der Waals surface area contributed by atoms with Crippen molar-refractivity contribution in [2.75, 3.05) is 0 Å². The van der Waals surface area contributed by atoms with Gasteiger partial charge in [0.25, 0.3) is 0 Å². The molecule has 0 saturated heterocycles. The van der Waals surface area contributed by atoms with E-state index in [1.807, 2.05) is 49.1 Å². The van der Waals surface area contributed by atoms with Crippen molar-refractivity contribution in [3.05, 3.63) is 157 Å². The lowest BCUT2D eigenvalue weighted by Gasteiger charge is -2.15. The fourth-order valence-electron chi connectivity index (χ4n) is 6.64. The second kappa shape index (κ2) is 11.0. The second-order valence-electron chi connectivity index (χ2n) is 11.8. The first-order chi connectivity index (χ1) is 22.8. The Morgan fingerprint density at radius 3 is 1.59 bits per heavy atom. The van der Waals surface area contributed by atoms with E-state index >= 15 is 0 Å². The van der Waals surface area contributed by atoms with E-state index in [4.69, 9.17) is 9.15 Å². The van der Waals surface area contributed by atoms with E-state index in [0.717, 1.165) is 60.9 Å². The summed E-state index contributed by atoms with van der Waals surface area (Å²) in [6.45, 7) is 1.15. The summed E-state index contributed by atoms with van der Waals surface area (Å²) in [7, 11) is 0. The predicted molar refractivity (Wildman–Crippen MR) is 185 cm³/mol. The van der Waals surface area contributed by atoms with Gasteiger partial charge in [-0.1, -0.05) is 60.7 Å². The summed E-state index contributed by atoms with van der Waals surface area (Å²) in [5.74, 6) is 0. The molecular formula is C42H28N2O2. The molecule has 0 spiro atoms. The number of furan rings is 1. The van der Waals surface area contributed by atoms with E-state index in [1.54, 1.807) is 0 Å². The number of aromatic nitrogens is 2. The van der Waals surface area contributed by atoms with E-state index in [-0.39, 0.29) is 0 Å². The Bertz CT molecular complexity index is 2340. The van der Waals surface area contributed by atoms with Gasteiger partial charge in [0.1, 0.15) is 11.2 Å². The Morgan fingerprint density at radius 1 is 0.413 bits per heavy atom. The normalized spacial score (nSPS) is 12.5. The number of benzene rings is 5. The fourth-order valence-corrected chi connectivity index (χ4v) is 6.64. The van der Waals surface area contributed by atoms with E-state index in [0.29, 0.717) is 13.2 Å². The van der Waals surface area contributed by atoms with Gasteiger partial charge in [0.2, 0.25) is 0 Å². The molecule has 0 amide bonds. The Labute approximate surface area is 266 Å². The van der Waals surface area contributed by atoms with Crippen molar-refractivity contribution in [1.29, 1.82) is 0 Å². The molecule has 0 saturated carbocycles. The minimum Gasteiger partial charge on any atom is -0.456 e. The monoisotopic (exact) mass is 592 g/mol. The molecule has 1 aliphatic rings. The average Bonchev–Trinajstić information content (AvgIpc) is 3.40. The molecule has 0 fully saturated rings. The number of rotatable bonds is 4. The molecule has 0 radical (unpaired) electrons. The Morgan fingerprint density at radius 2 is 0.957 bits per heavy atom. The summed E-state index contributed by atoms with van der Waals surface area (Å²) in [6, 6.07) is 43.1. The number of pyridine rings is 2. The van der Waals surface area contributed by atoms with Gasteiger partial charge in [0, 0.05) is 46.7 Å². The first kappa shape index (κ1) is 26.6. The number of ether oxygens (including phenoxy) is 1. The Hall–Kier alpha value is -5.84. The Kier molecular flexibility index (Phi) is 6.32. The highest BCUT2D eigenvalue weighted by Crippen LogP contribution is 2.40. The molecule has 46 heavy (non-hydrogen) atoms. The van der Waals surface area contributed by atoms with Gasteiger partial charge in [-0.2, -0.15) is 0 Å². The molecule has 218 valence electrons. The van der Waals surface area contributed by atoms with Crippen molar-refractivity contribution < 1.29 is 9.15 Å². The van der Waals surface area contributed by atoms with Crippen LogP contribution < -0.4 is 0 Å². The van der Waals surface area contributed by atoms with Crippen LogP contribution in [0, 0.1) is 0 Å². The van der Waals surface area contributed by atoms with Gasteiger partial charge in [-0.25, -0.2) is 0 Å². The number of para-hydroxylation sites is 1. The summed E-state index contributed by atoms with van der Waals surface area (Å²) >= 11 is 0. The van der Waals surface area contributed by atoms with Gasteiger partial charge in [-0.15, -0.1) is 0 Å². The second-order valence-corrected chi connectivity index (χ2v) is 11.8. The summed E-state index contributed by atoms with van der Waals surface area (Å²) in [6.07, 6.45) is 7.46. The van der Waals surface area contributed by atoms with Crippen molar-refractivity contribution in [3.63, 3.8) is 0 Å². The van der Waals surface area contributed by atoms with Gasteiger partial charge in [-0.3, -0.25) is 9.97 Å². The SMILES string of the molecule is c1cncc(-c2cc(-c3cccnc3)cc(-c3ccc4c(c3)-c3cc(-c5ccc6oc7ccccc7c6c5)ccc3COC4)c2)c1. The molecule has 4 heteroatoms. The maximum absolute atomic E-state index is 6.16. The molecule has 4 nitrogen and oxygen atoms in total. The van der Waals surface area contributed by atoms with Gasteiger partial charge in [0.05, 0.1) is 13.2 Å². The van der Waals surface area contributed by atoms with Crippen LogP contribution in [-0.2, 0) is 18.0 Å². The number of fused-ring (bicyclic) bond motifs is 6. The van der Waals surface area contributed by atoms with Crippen LogP contribution >= 0.6 is 0 Å². The first-order valence-electron chi connectivity index (χ1n) is 15.5. The van der Waals surface area contributed by atoms with Gasteiger partial charge < -0.3 is 9.15 Å². The molecular weight excluding hydrogens is 564 g/mol. The molecule has 5 aromatic carbocycles. The molecule has 3 aromatic heterocycles. The fraction of sp³-hybridized carbons (Fsp3) is 0.0476. The van der Waals surface area contributed by atoms with Crippen molar-refractivity contribution >= 4 is 21.9 Å². The molecule has 0 N–H and O–H groups in total. The first-order valence-corrected chi connectivity index (χ1v) is 15.5. The molecule has 4 heterocycles. The highest BCUT2D eigenvalue weighted by molar-refractivity contribution is 6.06. The molecule has 0 atom stereocenters. The average molecular weight is 593 g/mol. The van der Waals surface area contributed by atoms with Crippen molar-refractivity contribution in [1.82, 2.24) is 9.97 Å². The van der Waals surface area contributed by atoms with E-state index in [1.165, 1.54) is 27.8 Å². The van der Waals surface area contributed by atoms with Crippen LogP contribution in [0.5, 0.6) is 0 Å². The highest BCUT2D eigenvalue weighted by atomic mass is 16.5. The lowest BCUT2D eigenvalue weighted by atomic mass is 9.89. The van der Waals surface area contributed by atoms with Crippen LogP contribution in [0.1, 0.15) is 11.1 Å². The standard InChI is InChI=1S/C42H28N2O2/c1-2-8-41-37(7-1)40-22-28(13-14-42(40)46-41)27-9-11-32-25-45-26-33-12-10-29(21-39(33)38(32)20-27)34-17-35(30-5-3-15-43-23-30)19-36(18-34)31-6-4-16-44-24-31/h1-24H,25-26H2. The van der Waals surface area contributed by atoms with Crippen LogP contribution in [-0.4, -0.2) is 9.97 Å². The molecule has 8 aromatic rings. The Balaban J connectivity index is 1.18. The smallest absolute Gasteiger partial charge is 0.135 e. The van der Waals surface area contributed by atoms with Crippen molar-refractivity contribution in [3.8, 4) is 55.6 Å². The van der Waals surface area contributed by atoms with E-state index in [9.17, 15) is 0 Å². The molecule has 1 aliphatic heterocycles. The lowest BCUT2D eigenvalue weighted by molar-refractivity contribution is 0.110. The van der Waals surface area contributed by atoms with Gasteiger partial charge >= 0.3 is 0 Å². The lowest BCUT2D eigenvalue weighted by Crippen LogP contribution is -1.92. The zero-order chi connectivity index (χ0) is 30.5. The van der Waals surface area contributed by atoms with Crippen LogP contribution in [0.4, 0.5) is 0 Å². The van der Waals surface area contributed by atoms with Crippen molar-refractivity contribution in [2.24, 2.45) is 0 Å². The topological polar surface area (TPSA) is 48.2 Å². The largest absolute Gasteiger partial charge is 0.456 e. The zero-order valence-electron chi connectivity index (χ0n) is 25.0. The van der Waals surface area contributed by atoms with Crippen LogP contribution in [0.3, 0.4) is 0 Å². The van der Waals surface area contributed by atoms with Crippen molar-refractivity contribution in [2.45, 2.75) is 13.2 Å². The van der Waals surface area contributed by atoms with E-state index < -0.39 is 0 Å². The van der Waals surface area contributed by atoms with Gasteiger partial charge in [-0.05, 0) is 116 Å². The third kappa shape index (κ3) is 4.68. The molecule has 0 aliphatic carbocycles. The highest BCUT2D eigenvalue weighted by Gasteiger charge is 2.18. The van der Waals surface area contributed by atoms with Crippen LogP contribution in [0.15, 0.2) is 151 Å². The predicted octanol–water partition coefficient (Wildman–Crippen LogP) is 10.7. The summed E-state index contributed by atoms with van der Waals surface area (Å²) in [5.41, 5.74) is 15.6. The van der Waals surface area contributed by atoms with Crippen LogP contribution in [0.25, 0.3) is 77.6 Å². The third-order valence-corrected chi connectivity index (χ3v) is 8.99. The zero-order valence-corrected chi connectivity index (χ0v) is 25.0. The number of hydrogen-bond donors (Lipinski definition) is 0. The summed E-state index contributed by atoms with van der Waals surface area (Å²) in [5, 5.41) is 2.27. The number of hydrogen-bond acceptors (Lipinski definition) is 4. The van der Waals surface area contributed by atoms with E-state index in [2.05, 4.69) is 107 Å². The third-order valence-electron chi connectivity index (χ3n) is 8.99. The van der Waals surface area contributed by atoms with Gasteiger partial charge in [0.15, 0.2) is 0 Å². The molecule has 0 bridgehead atoms. The summed E-state index contributed by atoms with van der Waals surface area (Å²) < 4.78 is 12.3. The summed E-state index contributed by atoms with van der Waals surface area (Å²) in [4.78, 5) is 8.78. The maximum Gasteiger partial charge on any atom is 0.135 e. The molecule has 0 unspecified atom stereocenters. The minimum absolute atomic E-state index is 0.573.